The van der Waals surface area contributed by atoms with Crippen LogP contribution in [0.1, 0.15) is 0 Å². The van der Waals surface area contributed by atoms with Crippen LogP contribution in [-0.2, 0) is 28.7 Å². The van der Waals surface area contributed by atoms with E-state index in [1.807, 2.05) is 0 Å². The zero-order valence-corrected chi connectivity index (χ0v) is 20.1. The molecule has 0 fully saturated rings. The third-order valence-electron chi connectivity index (χ3n) is 2.90. The zero-order chi connectivity index (χ0) is 19.9. The molecule has 0 aromatic heterocycles. The van der Waals surface area contributed by atoms with Gasteiger partial charge in [-0.05, 0) is 0 Å². The van der Waals surface area contributed by atoms with E-state index in [2.05, 4.69) is 0 Å². The van der Waals surface area contributed by atoms with Crippen LogP contribution in [0.5, 0.6) is 0 Å². The van der Waals surface area contributed by atoms with Crippen molar-refractivity contribution in [3.63, 3.8) is 0 Å². The number of hydrogen-bond acceptors (Lipinski definition) is 10. The van der Waals surface area contributed by atoms with Crippen molar-refractivity contribution in [2.24, 2.45) is 0 Å². The first-order chi connectivity index (χ1) is 12.2. The Morgan fingerprint density at radius 3 is 1.21 bits per heavy atom. The number of hydrogen-bond donors (Lipinski definition) is 2. The van der Waals surface area contributed by atoms with E-state index >= 15 is 0 Å². The maximum Gasteiger partial charge on any atom is 1.00 e. The molecule has 0 aliphatic rings. The van der Waals surface area contributed by atoms with Gasteiger partial charge in [0, 0.05) is 26.2 Å². The summed E-state index contributed by atoms with van der Waals surface area (Å²) in [6.45, 7) is -1.33. The van der Waals surface area contributed by atoms with Gasteiger partial charge in [-0.25, -0.2) is 0 Å². The third-order valence-corrected chi connectivity index (χ3v) is 2.90. The van der Waals surface area contributed by atoms with E-state index in [-0.39, 0.29) is 98.6 Å². The Morgan fingerprint density at radius 1 is 0.643 bits per heavy atom. The van der Waals surface area contributed by atoms with E-state index in [1.54, 1.807) is 0 Å². The maximum atomic E-state index is 10.6. The first-order valence-electron chi connectivity index (χ1n) is 7.64. The van der Waals surface area contributed by atoms with Gasteiger partial charge in [-0.1, -0.05) is 0 Å². The van der Waals surface area contributed by atoms with Crippen molar-refractivity contribution in [1.29, 1.82) is 0 Å². The van der Waals surface area contributed by atoms with Gasteiger partial charge in [0.05, 0.1) is 51.5 Å². The molecule has 0 aliphatic carbocycles. The predicted molar refractivity (Wildman–Crippen MR) is 79.8 cm³/mol. The van der Waals surface area contributed by atoms with Crippen LogP contribution in [0.4, 0.5) is 0 Å². The Morgan fingerprint density at radius 2 is 0.964 bits per heavy atom. The molecule has 0 saturated heterocycles. The number of carboxylic acids is 4. The Bertz CT molecular complexity index is 407. The van der Waals surface area contributed by atoms with Gasteiger partial charge in [0.2, 0.25) is 0 Å². The van der Waals surface area contributed by atoms with Crippen LogP contribution < -0.4 is 69.3 Å². The summed E-state index contributed by atoms with van der Waals surface area (Å²) in [4.78, 5) is 44.5. The van der Waals surface area contributed by atoms with Crippen LogP contribution in [-0.4, -0.2) is 110 Å². The third kappa shape index (κ3) is 22.0. The van der Waals surface area contributed by atoms with E-state index in [0.717, 1.165) is 9.80 Å². The molecule has 14 heteroatoms. The van der Waals surface area contributed by atoms with Crippen LogP contribution in [0.25, 0.3) is 0 Å². The molecule has 0 bridgehead atoms. The normalized spacial score (nSPS) is 10.2. The molecular formula is C14H22N2Na2O10. The summed E-state index contributed by atoms with van der Waals surface area (Å²) in [5.74, 6) is -5.12. The molecule has 0 aromatic rings. The molecule has 0 unspecified atom stereocenters. The number of carboxylic acid groups (broad SMARTS) is 4. The first kappa shape index (κ1) is 32.4. The topological polar surface area (TPSA) is 180 Å². The molecule has 0 rings (SSSR count). The van der Waals surface area contributed by atoms with Gasteiger partial charge >= 0.3 is 71.1 Å². The van der Waals surface area contributed by atoms with Crippen molar-refractivity contribution in [2.45, 2.75) is 0 Å². The molecule has 0 aliphatic heterocycles. The predicted octanol–water partition coefficient (Wildman–Crippen LogP) is -10.7. The Labute approximate surface area is 206 Å². The molecule has 0 heterocycles. The van der Waals surface area contributed by atoms with E-state index < -0.39 is 50.1 Å². The van der Waals surface area contributed by atoms with Gasteiger partial charge < -0.3 is 39.5 Å². The van der Waals surface area contributed by atoms with E-state index in [9.17, 15) is 29.4 Å². The Balaban J connectivity index is -0.00000312. The van der Waals surface area contributed by atoms with Gasteiger partial charge in [0.1, 0.15) is 0 Å². The van der Waals surface area contributed by atoms with E-state index in [1.165, 1.54) is 0 Å². The number of ether oxygens (including phenoxy) is 2. The van der Waals surface area contributed by atoms with Crippen LogP contribution in [0.3, 0.4) is 0 Å². The molecule has 0 saturated carbocycles. The molecule has 0 spiro atoms. The van der Waals surface area contributed by atoms with Gasteiger partial charge in [-0.2, -0.15) is 0 Å². The average Bonchev–Trinajstić information content (AvgIpc) is 2.47. The second-order valence-corrected chi connectivity index (χ2v) is 5.18. The minimum Gasteiger partial charge on any atom is -0.549 e. The number of carbonyl (C=O) groups is 4. The van der Waals surface area contributed by atoms with Crippen molar-refractivity contribution in [1.82, 2.24) is 9.80 Å². The molecule has 0 atom stereocenters. The molecule has 0 radical (unpaired) electrons. The average molecular weight is 424 g/mol. The maximum absolute atomic E-state index is 10.6. The fourth-order valence-electron chi connectivity index (χ4n) is 1.89. The van der Waals surface area contributed by atoms with Gasteiger partial charge in [0.25, 0.3) is 0 Å². The summed E-state index contributed by atoms with van der Waals surface area (Å²) in [5, 5.41) is 38.3. The van der Waals surface area contributed by atoms with Crippen LogP contribution in [0.15, 0.2) is 0 Å². The minimum absolute atomic E-state index is 0. The summed E-state index contributed by atoms with van der Waals surface area (Å²) in [6, 6.07) is 0. The van der Waals surface area contributed by atoms with Crippen LogP contribution >= 0.6 is 0 Å². The Hall–Kier alpha value is -0.280. The number of nitrogens with zero attached hydrogens (tertiary/aromatic N) is 2. The smallest absolute Gasteiger partial charge is 0.549 e. The fourth-order valence-corrected chi connectivity index (χ4v) is 1.89. The molecular weight excluding hydrogens is 402 g/mol. The second kappa shape index (κ2) is 20.0. The van der Waals surface area contributed by atoms with Crippen molar-refractivity contribution in [2.75, 3.05) is 65.7 Å². The largest absolute Gasteiger partial charge is 1.00 e. The molecule has 150 valence electrons. The quantitative estimate of drug-likeness (QED) is 0.166. The summed E-state index contributed by atoms with van der Waals surface area (Å²) < 4.78 is 10.4. The molecule has 0 amide bonds. The summed E-state index contributed by atoms with van der Waals surface area (Å²) in [5.41, 5.74) is 0. The standard InChI is InChI=1S/C14H24N2O10.2Na/c17-11(18)7-15(8-12(19)20)1-3-25-5-6-26-4-2-16(9-13(21)22)10-14(23)24;;/h1-10H2,(H,17,18)(H,19,20)(H,21,22)(H,23,24);;/q;2*+1/p-2. The summed E-state index contributed by atoms with van der Waals surface area (Å²) >= 11 is 0. The summed E-state index contributed by atoms with van der Waals surface area (Å²) in [6.07, 6.45) is 0. The van der Waals surface area contributed by atoms with Gasteiger partial charge in [0.15, 0.2) is 0 Å². The van der Waals surface area contributed by atoms with Crippen LogP contribution in [0, 0.1) is 0 Å². The fraction of sp³-hybridized carbons (Fsp3) is 0.714. The first-order valence-corrected chi connectivity index (χ1v) is 7.64. The van der Waals surface area contributed by atoms with Crippen molar-refractivity contribution in [3.05, 3.63) is 0 Å². The zero-order valence-electron chi connectivity index (χ0n) is 16.1. The van der Waals surface area contributed by atoms with Crippen molar-refractivity contribution in [3.8, 4) is 0 Å². The van der Waals surface area contributed by atoms with Crippen molar-refractivity contribution >= 4 is 23.9 Å². The monoisotopic (exact) mass is 424 g/mol. The van der Waals surface area contributed by atoms with E-state index in [4.69, 9.17) is 19.7 Å². The number of carbonyl (C=O) groups excluding carboxylic acids is 2. The van der Waals surface area contributed by atoms with E-state index in [0.29, 0.717) is 0 Å². The molecule has 28 heavy (non-hydrogen) atoms. The van der Waals surface area contributed by atoms with Crippen LogP contribution in [0.2, 0.25) is 0 Å². The summed E-state index contributed by atoms with van der Waals surface area (Å²) in [7, 11) is 0. The number of rotatable bonds is 17. The van der Waals surface area contributed by atoms with Gasteiger partial charge in [-0.15, -0.1) is 0 Å². The Kier molecular flexibility index (Phi) is 23.1. The molecule has 2 N–H and O–H groups in total. The SMILES string of the molecule is O=C([O-])CN(CCOCCOCCN(CC(=O)[O-])CC(=O)O)CC(=O)O.[Na+].[Na+]. The molecule has 0 aromatic carbocycles. The molecule has 12 nitrogen and oxygen atoms in total. The minimum atomic E-state index is -1.39. The number of aliphatic carboxylic acids is 4. The van der Waals surface area contributed by atoms with Gasteiger partial charge in [-0.3, -0.25) is 19.4 Å². The van der Waals surface area contributed by atoms with Crippen molar-refractivity contribution < 1.29 is 108 Å². The second-order valence-electron chi connectivity index (χ2n) is 5.18.